The molecule has 26 heavy (non-hydrogen) atoms. The topological polar surface area (TPSA) is 78.7 Å². The molecule has 7 heteroatoms. The summed E-state index contributed by atoms with van der Waals surface area (Å²) < 4.78 is 13.0. The minimum Gasteiger partial charge on any atom is -0.346 e. The van der Waals surface area contributed by atoms with E-state index in [1.165, 1.54) is 12.1 Å². The number of benzene rings is 1. The van der Waals surface area contributed by atoms with Gasteiger partial charge in [-0.2, -0.15) is 0 Å². The van der Waals surface area contributed by atoms with Crippen molar-refractivity contribution in [1.29, 1.82) is 0 Å². The third-order valence-corrected chi connectivity index (χ3v) is 4.70. The molecule has 1 aromatic carbocycles. The van der Waals surface area contributed by atoms with Crippen LogP contribution in [0.2, 0.25) is 0 Å². The van der Waals surface area contributed by atoms with Gasteiger partial charge in [0.2, 0.25) is 11.8 Å². The Hall–Kier alpha value is -1.99. The Labute approximate surface area is 154 Å². The summed E-state index contributed by atoms with van der Waals surface area (Å²) in [5.74, 6) is -0.581. The summed E-state index contributed by atoms with van der Waals surface area (Å²) >= 11 is 0. The van der Waals surface area contributed by atoms with Gasteiger partial charge < -0.3 is 16.0 Å². The quantitative estimate of drug-likeness (QED) is 0.788. The van der Waals surface area contributed by atoms with Crippen LogP contribution in [0.25, 0.3) is 0 Å². The van der Waals surface area contributed by atoms with Crippen LogP contribution in [0, 0.1) is 11.7 Å². The Kier molecular flexibility index (Phi) is 7.53. The van der Waals surface area contributed by atoms with Crippen molar-refractivity contribution in [2.24, 2.45) is 11.7 Å². The van der Waals surface area contributed by atoms with Gasteiger partial charge in [-0.1, -0.05) is 26.0 Å². The molecule has 1 fully saturated rings. The Morgan fingerprint density at radius 1 is 1.15 bits per heavy atom. The van der Waals surface area contributed by atoms with E-state index in [4.69, 9.17) is 5.73 Å². The fourth-order valence-electron chi connectivity index (χ4n) is 2.92. The van der Waals surface area contributed by atoms with Crippen LogP contribution in [-0.4, -0.2) is 60.4 Å². The molecule has 0 bridgehead atoms. The number of rotatable bonds is 6. The van der Waals surface area contributed by atoms with Gasteiger partial charge in [0, 0.05) is 32.7 Å². The first-order valence-corrected chi connectivity index (χ1v) is 9.14. The largest absolute Gasteiger partial charge is 0.346 e. The average molecular weight is 364 g/mol. The molecule has 1 aliphatic heterocycles. The minimum atomic E-state index is -0.599. The van der Waals surface area contributed by atoms with Crippen LogP contribution >= 0.6 is 0 Å². The molecule has 0 unspecified atom stereocenters. The van der Waals surface area contributed by atoms with E-state index in [1.807, 2.05) is 13.8 Å². The van der Waals surface area contributed by atoms with Crippen LogP contribution in [0.5, 0.6) is 0 Å². The van der Waals surface area contributed by atoms with Crippen LogP contribution < -0.4 is 11.1 Å². The number of nitrogens with one attached hydrogen (secondary N) is 1. The lowest BCUT2D eigenvalue weighted by atomic mass is 10.1. The van der Waals surface area contributed by atoms with Crippen LogP contribution in [0.1, 0.15) is 25.8 Å². The highest BCUT2D eigenvalue weighted by atomic mass is 19.1. The minimum absolute atomic E-state index is 0.0167. The highest BCUT2D eigenvalue weighted by Crippen LogP contribution is 2.10. The lowest BCUT2D eigenvalue weighted by Crippen LogP contribution is -2.48. The molecule has 1 heterocycles. The predicted octanol–water partition coefficient (Wildman–Crippen LogP) is 0.960. The molecule has 1 atom stereocenters. The first-order valence-electron chi connectivity index (χ1n) is 9.14. The predicted molar refractivity (Wildman–Crippen MR) is 98.7 cm³/mol. The number of nitrogens with zero attached hydrogens (tertiary/aromatic N) is 2. The van der Waals surface area contributed by atoms with E-state index in [0.29, 0.717) is 13.1 Å². The summed E-state index contributed by atoms with van der Waals surface area (Å²) in [5.41, 5.74) is 6.84. The molecule has 0 spiro atoms. The molecular formula is C19H29FN4O2. The van der Waals surface area contributed by atoms with E-state index in [1.54, 1.807) is 17.0 Å². The van der Waals surface area contributed by atoms with Crippen molar-refractivity contribution in [2.45, 2.75) is 32.9 Å². The standard InChI is InChI=1S/C19H29FN4O2/c1-14(2)18(21)19(26)22-12-17(25)24-9-3-8-23(10-11-24)13-15-4-6-16(20)7-5-15/h4-7,14,18H,3,8-13,21H2,1-2H3,(H,22,26)/t18-/m0/s1. The van der Waals surface area contributed by atoms with Gasteiger partial charge in [-0.15, -0.1) is 0 Å². The Bertz CT molecular complexity index is 606. The van der Waals surface area contributed by atoms with Crippen molar-refractivity contribution in [3.63, 3.8) is 0 Å². The molecule has 1 saturated heterocycles. The van der Waals surface area contributed by atoms with E-state index < -0.39 is 6.04 Å². The molecule has 2 amide bonds. The molecule has 0 saturated carbocycles. The fourth-order valence-corrected chi connectivity index (χ4v) is 2.92. The van der Waals surface area contributed by atoms with Gasteiger partial charge in [0.1, 0.15) is 5.82 Å². The zero-order valence-corrected chi connectivity index (χ0v) is 15.6. The van der Waals surface area contributed by atoms with E-state index in [9.17, 15) is 14.0 Å². The molecule has 0 aliphatic carbocycles. The van der Waals surface area contributed by atoms with Gasteiger partial charge >= 0.3 is 0 Å². The van der Waals surface area contributed by atoms with Crippen LogP contribution in [0.3, 0.4) is 0 Å². The number of halogens is 1. The van der Waals surface area contributed by atoms with Crippen molar-refractivity contribution in [1.82, 2.24) is 15.1 Å². The van der Waals surface area contributed by atoms with E-state index in [-0.39, 0.29) is 30.1 Å². The van der Waals surface area contributed by atoms with Crippen molar-refractivity contribution >= 4 is 11.8 Å². The number of amides is 2. The maximum atomic E-state index is 13.0. The smallest absolute Gasteiger partial charge is 0.242 e. The summed E-state index contributed by atoms with van der Waals surface area (Å²) in [6.45, 7) is 7.39. The van der Waals surface area contributed by atoms with Crippen molar-refractivity contribution in [3.05, 3.63) is 35.6 Å². The Morgan fingerprint density at radius 3 is 2.50 bits per heavy atom. The second-order valence-electron chi connectivity index (χ2n) is 7.12. The number of hydrogen-bond donors (Lipinski definition) is 2. The zero-order valence-electron chi connectivity index (χ0n) is 15.6. The lowest BCUT2D eigenvalue weighted by Gasteiger charge is -2.23. The van der Waals surface area contributed by atoms with Crippen LogP contribution in [0.15, 0.2) is 24.3 Å². The number of carbonyl (C=O) groups excluding carboxylic acids is 2. The number of hydrogen-bond acceptors (Lipinski definition) is 4. The van der Waals surface area contributed by atoms with Gasteiger partial charge in [0.25, 0.3) is 0 Å². The fraction of sp³-hybridized carbons (Fsp3) is 0.579. The SMILES string of the molecule is CC(C)[C@H](N)C(=O)NCC(=O)N1CCCN(Cc2ccc(F)cc2)CC1. The maximum Gasteiger partial charge on any atom is 0.242 e. The normalized spacial score (nSPS) is 17.0. The Morgan fingerprint density at radius 2 is 1.85 bits per heavy atom. The van der Waals surface area contributed by atoms with Crippen molar-refractivity contribution in [3.8, 4) is 0 Å². The highest BCUT2D eigenvalue weighted by molar-refractivity contribution is 5.87. The van der Waals surface area contributed by atoms with E-state index >= 15 is 0 Å². The third-order valence-electron chi connectivity index (χ3n) is 4.70. The molecule has 144 valence electrons. The van der Waals surface area contributed by atoms with Crippen molar-refractivity contribution in [2.75, 3.05) is 32.7 Å². The van der Waals surface area contributed by atoms with Crippen LogP contribution in [-0.2, 0) is 16.1 Å². The average Bonchev–Trinajstić information content (AvgIpc) is 2.86. The maximum absolute atomic E-state index is 13.0. The second kappa shape index (κ2) is 9.64. The van der Waals surface area contributed by atoms with Crippen LogP contribution in [0.4, 0.5) is 4.39 Å². The molecular weight excluding hydrogens is 335 g/mol. The monoisotopic (exact) mass is 364 g/mol. The highest BCUT2D eigenvalue weighted by Gasteiger charge is 2.22. The lowest BCUT2D eigenvalue weighted by molar-refractivity contribution is -0.133. The molecule has 0 aromatic heterocycles. The second-order valence-corrected chi connectivity index (χ2v) is 7.12. The molecule has 1 aliphatic rings. The molecule has 6 nitrogen and oxygen atoms in total. The van der Waals surface area contributed by atoms with Gasteiger partial charge in [0.15, 0.2) is 0 Å². The molecule has 3 N–H and O–H groups in total. The number of nitrogens with two attached hydrogens (primary N) is 1. The van der Waals surface area contributed by atoms with E-state index in [0.717, 1.165) is 31.6 Å². The molecule has 0 radical (unpaired) electrons. The van der Waals surface area contributed by atoms with E-state index in [2.05, 4.69) is 10.2 Å². The van der Waals surface area contributed by atoms with Gasteiger partial charge in [-0.25, -0.2) is 4.39 Å². The molecule has 2 rings (SSSR count). The van der Waals surface area contributed by atoms with Gasteiger partial charge in [-0.3, -0.25) is 14.5 Å². The third kappa shape index (κ3) is 6.07. The first-order chi connectivity index (χ1) is 12.4. The number of carbonyl (C=O) groups is 2. The summed E-state index contributed by atoms with van der Waals surface area (Å²) in [5, 5.41) is 2.63. The van der Waals surface area contributed by atoms with Gasteiger partial charge in [0.05, 0.1) is 12.6 Å². The van der Waals surface area contributed by atoms with Gasteiger partial charge in [-0.05, 0) is 30.0 Å². The summed E-state index contributed by atoms with van der Waals surface area (Å²) in [7, 11) is 0. The zero-order chi connectivity index (χ0) is 19.1. The Balaban J connectivity index is 1.79. The van der Waals surface area contributed by atoms with Crippen molar-refractivity contribution < 1.29 is 14.0 Å². The summed E-state index contributed by atoms with van der Waals surface area (Å²) in [4.78, 5) is 28.3. The molecule has 1 aromatic rings. The summed E-state index contributed by atoms with van der Waals surface area (Å²) in [6.07, 6.45) is 0.867. The first kappa shape index (κ1) is 20.3. The summed E-state index contributed by atoms with van der Waals surface area (Å²) in [6, 6.07) is 5.91.